The number of hydrogen-bond acceptors (Lipinski definition) is 2. The molecule has 2 fully saturated rings. The van der Waals surface area contributed by atoms with Crippen molar-refractivity contribution in [3.63, 3.8) is 0 Å². The maximum atomic E-state index is 5.79. The maximum absolute atomic E-state index is 5.79. The van der Waals surface area contributed by atoms with Crippen molar-refractivity contribution >= 4 is 0 Å². The van der Waals surface area contributed by atoms with Crippen LogP contribution in [0.1, 0.15) is 44.6 Å². The van der Waals surface area contributed by atoms with Crippen LogP contribution < -0.4 is 5.32 Å². The Morgan fingerprint density at radius 2 is 1.67 bits per heavy atom. The highest BCUT2D eigenvalue weighted by atomic mass is 16.5. The van der Waals surface area contributed by atoms with Gasteiger partial charge < -0.3 is 10.1 Å². The van der Waals surface area contributed by atoms with E-state index in [1.165, 1.54) is 12.0 Å². The topological polar surface area (TPSA) is 21.3 Å². The van der Waals surface area contributed by atoms with Gasteiger partial charge in [-0.1, -0.05) is 30.3 Å². The van der Waals surface area contributed by atoms with Gasteiger partial charge in [-0.15, -0.1) is 0 Å². The van der Waals surface area contributed by atoms with Crippen LogP contribution in [0.4, 0.5) is 0 Å². The molecule has 3 rings (SSSR count). The standard InChI is InChI=1S/C16H23NO/c1-11-8-14(9-12(2)18-11)17-16-10-15(16)13-6-4-3-5-7-13/h3-7,11-12,14-17H,8-10H2,1-2H3. The van der Waals surface area contributed by atoms with Crippen LogP contribution in [0.25, 0.3) is 0 Å². The van der Waals surface area contributed by atoms with Crippen molar-refractivity contribution in [1.29, 1.82) is 0 Å². The Hall–Kier alpha value is -0.860. The highest BCUT2D eigenvalue weighted by Crippen LogP contribution is 2.41. The molecule has 0 bridgehead atoms. The number of rotatable bonds is 3. The van der Waals surface area contributed by atoms with E-state index in [9.17, 15) is 0 Å². The molecule has 4 unspecified atom stereocenters. The Bertz CT molecular complexity index is 381. The lowest BCUT2D eigenvalue weighted by molar-refractivity contribution is -0.0423. The van der Waals surface area contributed by atoms with Crippen LogP contribution in [0.3, 0.4) is 0 Å². The van der Waals surface area contributed by atoms with Crippen LogP contribution in [0.15, 0.2) is 30.3 Å². The lowest BCUT2D eigenvalue weighted by Gasteiger charge is -2.32. The van der Waals surface area contributed by atoms with Gasteiger partial charge in [-0.05, 0) is 38.7 Å². The molecule has 1 heterocycles. The summed E-state index contributed by atoms with van der Waals surface area (Å²) in [5.74, 6) is 0.736. The first-order valence-electron chi connectivity index (χ1n) is 7.19. The molecule has 2 nitrogen and oxygen atoms in total. The third-order valence-electron chi connectivity index (χ3n) is 4.17. The third kappa shape index (κ3) is 2.76. The second-order valence-corrected chi connectivity index (χ2v) is 5.95. The molecular formula is C16H23NO. The molecule has 0 radical (unpaired) electrons. The lowest BCUT2D eigenvalue weighted by Crippen LogP contribution is -2.42. The highest BCUT2D eigenvalue weighted by molar-refractivity contribution is 5.27. The first kappa shape index (κ1) is 12.2. The van der Waals surface area contributed by atoms with Gasteiger partial charge in [-0.2, -0.15) is 0 Å². The first-order valence-corrected chi connectivity index (χ1v) is 7.19. The zero-order valence-corrected chi connectivity index (χ0v) is 11.3. The minimum Gasteiger partial charge on any atom is -0.375 e. The molecule has 98 valence electrons. The molecule has 1 aliphatic carbocycles. The maximum Gasteiger partial charge on any atom is 0.0565 e. The van der Waals surface area contributed by atoms with Crippen LogP contribution >= 0.6 is 0 Å². The van der Waals surface area contributed by atoms with Crippen LogP contribution in [0, 0.1) is 0 Å². The second kappa shape index (κ2) is 5.02. The van der Waals surface area contributed by atoms with Gasteiger partial charge in [0.05, 0.1) is 12.2 Å². The van der Waals surface area contributed by atoms with Gasteiger partial charge in [-0.3, -0.25) is 0 Å². The molecule has 0 spiro atoms. The van der Waals surface area contributed by atoms with Gasteiger partial charge in [-0.25, -0.2) is 0 Å². The van der Waals surface area contributed by atoms with Gasteiger partial charge in [0.25, 0.3) is 0 Å². The molecule has 1 N–H and O–H groups in total. The van der Waals surface area contributed by atoms with Crippen molar-refractivity contribution in [3.8, 4) is 0 Å². The molecule has 18 heavy (non-hydrogen) atoms. The van der Waals surface area contributed by atoms with Crippen molar-refractivity contribution in [3.05, 3.63) is 35.9 Å². The van der Waals surface area contributed by atoms with Crippen molar-refractivity contribution in [2.75, 3.05) is 0 Å². The number of benzene rings is 1. The fraction of sp³-hybridized carbons (Fsp3) is 0.625. The quantitative estimate of drug-likeness (QED) is 0.883. The van der Waals surface area contributed by atoms with E-state index in [0.717, 1.165) is 18.8 Å². The van der Waals surface area contributed by atoms with Crippen LogP contribution in [-0.2, 0) is 4.74 Å². The smallest absolute Gasteiger partial charge is 0.0565 e. The van der Waals surface area contributed by atoms with Crippen LogP contribution in [-0.4, -0.2) is 24.3 Å². The zero-order valence-electron chi connectivity index (χ0n) is 11.3. The molecule has 0 amide bonds. The number of nitrogens with one attached hydrogen (secondary N) is 1. The fourth-order valence-corrected chi connectivity index (χ4v) is 3.29. The zero-order chi connectivity index (χ0) is 12.5. The van der Waals surface area contributed by atoms with E-state index in [2.05, 4.69) is 49.5 Å². The van der Waals surface area contributed by atoms with E-state index in [-0.39, 0.29) is 0 Å². The summed E-state index contributed by atoms with van der Waals surface area (Å²) in [6.07, 6.45) is 4.41. The molecule has 1 aliphatic heterocycles. The van der Waals surface area contributed by atoms with Crippen molar-refractivity contribution < 1.29 is 4.74 Å². The molecule has 1 saturated carbocycles. The molecule has 1 aromatic carbocycles. The van der Waals surface area contributed by atoms with E-state index in [1.54, 1.807) is 0 Å². The molecule has 4 atom stereocenters. The van der Waals surface area contributed by atoms with Crippen LogP contribution in [0.5, 0.6) is 0 Å². The SMILES string of the molecule is CC1CC(NC2CC2c2ccccc2)CC(C)O1. The van der Waals surface area contributed by atoms with Gasteiger partial charge in [0.15, 0.2) is 0 Å². The summed E-state index contributed by atoms with van der Waals surface area (Å²) in [4.78, 5) is 0. The summed E-state index contributed by atoms with van der Waals surface area (Å²) in [5, 5.41) is 3.82. The summed E-state index contributed by atoms with van der Waals surface area (Å²) < 4.78 is 5.79. The summed E-state index contributed by atoms with van der Waals surface area (Å²) in [6.45, 7) is 4.37. The number of ether oxygens (including phenoxy) is 1. The monoisotopic (exact) mass is 245 g/mol. The second-order valence-electron chi connectivity index (χ2n) is 5.95. The van der Waals surface area contributed by atoms with E-state index in [1.807, 2.05) is 0 Å². The summed E-state index contributed by atoms with van der Waals surface area (Å²) in [6, 6.07) is 12.2. The highest BCUT2D eigenvalue weighted by Gasteiger charge is 2.40. The van der Waals surface area contributed by atoms with Gasteiger partial charge in [0, 0.05) is 18.0 Å². The normalized spacial score (nSPS) is 39.6. The van der Waals surface area contributed by atoms with Crippen molar-refractivity contribution in [2.24, 2.45) is 0 Å². The van der Waals surface area contributed by atoms with Gasteiger partial charge >= 0.3 is 0 Å². The number of hydrogen-bond donors (Lipinski definition) is 1. The Labute approximate surface area is 110 Å². The van der Waals surface area contributed by atoms with Gasteiger partial charge in [0.2, 0.25) is 0 Å². The van der Waals surface area contributed by atoms with E-state index in [0.29, 0.717) is 24.3 Å². The molecule has 2 aliphatic rings. The Morgan fingerprint density at radius 1 is 1.00 bits per heavy atom. The predicted molar refractivity (Wildman–Crippen MR) is 73.8 cm³/mol. The summed E-state index contributed by atoms with van der Waals surface area (Å²) >= 11 is 0. The Balaban J connectivity index is 1.53. The summed E-state index contributed by atoms with van der Waals surface area (Å²) in [5.41, 5.74) is 1.49. The average molecular weight is 245 g/mol. The minimum atomic E-state index is 0.403. The van der Waals surface area contributed by atoms with E-state index < -0.39 is 0 Å². The van der Waals surface area contributed by atoms with E-state index >= 15 is 0 Å². The van der Waals surface area contributed by atoms with Crippen molar-refractivity contribution in [2.45, 2.75) is 63.3 Å². The average Bonchev–Trinajstić information content (AvgIpc) is 3.08. The minimum absolute atomic E-state index is 0.403. The van der Waals surface area contributed by atoms with Gasteiger partial charge in [0.1, 0.15) is 0 Å². The summed E-state index contributed by atoms with van der Waals surface area (Å²) in [7, 11) is 0. The van der Waals surface area contributed by atoms with E-state index in [4.69, 9.17) is 4.74 Å². The van der Waals surface area contributed by atoms with Crippen molar-refractivity contribution in [1.82, 2.24) is 5.32 Å². The molecule has 0 aromatic heterocycles. The van der Waals surface area contributed by atoms with Crippen LogP contribution in [0.2, 0.25) is 0 Å². The largest absolute Gasteiger partial charge is 0.375 e. The molecule has 2 heteroatoms. The fourth-order valence-electron chi connectivity index (χ4n) is 3.29. The Kier molecular flexibility index (Phi) is 3.40. The lowest BCUT2D eigenvalue weighted by atomic mass is 9.99. The first-order chi connectivity index (χ1) is 8.72. The third-order valence-corrected chi connectivity index (χ3v) is 4.17. The molecule has 1 saturated heterocycles. The molecule has 1 aromatic rings. The predicted octanol–water partition coefficient (Wildman–Crippen LogP) is 3.09. The Morgan fingerprint density at radius 3 is 2.33 bits per heavy atom. The molecular weight excluding hydrogens is 222 g/mol.